The van der Waals surface area contributed by atoms with E-state index in [1.165, 1.54) is 12.0 Å². The molecule has 4 rings (SSSR count). The lowest BCUT2D eigenvalue weighted by Gasteiger charge is -2.19. The van der Waals surface area contributed by atoms with E-state index in [1.807, 2.05) is 30.3 Å². The van der Waals surface area contributed by atoms with Crippen molar-refractivity contribution in [3.05, 3.63) is 66.0 Å². The van der Waals surface area contributed by atoms with Crippen molar-refractivity contribution in [1.29, 1.82) is 0 Å². The van der Waals surface area contributed by atoms with Crippen molar-refractivity contribution < 1.29 is 4.79 Å². The first-order valence-electron chi connectivity index (χ1n) is 10.2. The van der Waals surface area contributed by atoms with E-state index in [0.717, 1.165) is 43.7 Å². The zero-order chi connectivity index (χ0) is 19.9. The van der Waals surface area contributed by atoms with Crippen LogP contribution < -0.4 is 10.6 Å². The molecule has 0 fully saturated rings. The van der Waals surface area contributed by atoms with E-state index in [0.29, 0.717) is 19.4 Å². The fourth-order valence-corrected chi connectivity index (χ4v) is 3.67. The Hall–Kier alpha value is -3.00. The van der Waals surface area contributed by atoms with Gasteiger partial charge in [0.15, 0.2) is 0 Å². The summed E-state index contributed by atoms with van der Waals surface area (Å²) in [4.78, 5) is 16.6. The first kappa shape index (κ1) is 19.3. The quantitative estimate of drug-likeness (QED) is 0.610. The Morgan fingerprint density at radius 3 is 3.00 bits per heavy atom. The van der Waals surface area contributed by atoms with Crippen LogP contribution in [0.25, 0.3) is 0 Å². The van der Waals surface area contributed by atoms with Gasteiger partial charge in [0, 0.05) is 32.5 Å². The molecule has 0 saturated carbocycles. The molecule has 0 radical (unpaired) electrons. The number of nitrogens with one attached hydrogen (secondary N) is 2. The summed E-state index contributed by atoms with van der Waals surface area (Å²) in [5.41, 5.74) is 3.28. The molecule has 0 unspecified atom stereocenters. The molecule has 1 aromatic carbocycles. The molecular weight excluding hydrogens is 366 g/mol. The van der Waals surface area contributed by atoms with Gasteiger partial charge in [0.25, 0.3) is 0 Å². The summed E-state index contributed by atoms with van der Waals surface area (Å²) in [7, 11) is 0. The Bertz CT molecular complexity index is 881. The molecule has 0 aliphatic carbocycles. The van der Waals surface area contributed by atoms with Gasteiger partial charge in [-0.15, -0.1) is 0 Å². The molecule has 29 heavy (non-hydrogen) atoms. The lowest BCUT2D eigenvalue weighted by molar-refractivity contribution is -0.121. The number of rotatable bonds is 8. The van der Waals surface area contributed by atoms with Crippen LogP contribution in [0.2, 0.25) is 0 Å². The maximum Gasteiger partial charge on any atom is 0.220 e. The van der Waals surface area contributed by atoms with Crippen molar-refractivity contribution in [2.75, 3.05) is 6.54 Å². The maximum absolute atomic E-state index is 12.7. The number of aromatic nitrogens is 5. The predicted octanol–water partition coefficient (Wildman–Crippen LogP) is 1.85. The van der Waals surface area contributed by atoms with Crippen molar-refractivity contribution in [3.8, 4) is 0 Å². The number of nitrogens with zero attached hydrogens (tertiary/aromatic N) is 5. The second kappa shape index (κ2) is 9.47. The van der Waals surface area contributed by atoms with Gasteiger partial charge in [-0.1, -0.05) is 30.3 Å². The van der Waals surface area contributed by atoms with Crippen LogP contribution in [0.3, 0.4) is 0 Å². The third kappa shape index (κ3) is 5.29. The van der Waals surface area contributed by atoms with Gasteiger partial charge in [0.2, 0.25) is 5.91 Å². The van der Waals surface area contributed by atoms with E-state index in [-0.39, 0.29) is 11.9 Å². The number of benzene rings is 1. The molecule has 0 spiro atoms. The largest absolute Gasteiger partial charge is 0.349 e. The number of carbonyl (C=O) groups is 1. The van der Waals surface area contributed by atoms with Gasteiger partial charge in [-0.05, 0) is 31.0 Å². The number of amides is 1. The highest BCUT2D eigenvalue weighted by atomic mass is 16.1. The SMILES string of the molecule is O=C(CCc1cc2n(n1)CCCNC2)N[C@H](CCn1cncn1)c1ccccc1. The Kier molecular flexibility index (Phi) is 6.31. The molecule has 3 heterocycles. The van der Waals surface area contributed by atoms with Gasteiger partial charge in [-0.25, -0.2) is 4.98 Å². The fraction of sp³-hybridized carbons (Fsp3) is 0.429. The molecule has 0 saturated heterocycles. The Morgan fingerprint density at radius 1 is 1.28 bits per heavy atom. The van der Waals surface area contributed by atoms with Crippen LogP contribution in [0.5, 0.6) is 0 Å². The smallest absolute Gasteiger partial charge is 0.220 e. The predicted molar refractivity (Wildman–Crippen MR) is 109 cm³/mol. The van der Waals surface area contributed by atoms with Gasteiger partial charge in [-0.3, -0.25) is 14.2 Å². The van der Waals surface area contributed by atoms with E-state index in [4.69, 9.17) is 0 Å². The molecule has 152 valence electrons. The molecular formula is C21H27N7O. The normalized spacial score (nSPS) is 14.8. The van der Waals surface area contributed by atoms with Crippen LogP contribution >= 0.6 is 0 Å². The Morgan fingerprint density at radius 2 is 2.17 bits per heavy atom. The highest BCUT2D eigenvalue weighted by Gasteiger charge is 2.16. The number of hydrogen-bond acceptors (Lipinski definition) is 5. The highest BCUT2D eigenvalue weighted by Crippen LogP contribution is 2.18. The molecule has 1 atom stereocenters. The van der Waals surface area contributed by atoms with Gasteiger partial charge in [0.1, 0.15) is 12.7 Å². The van der Waals surface area contributed by atoms with E-state index in [9.17, 15) is 4.79 Å². The summed E-state index contributed by atoms with van der Waals surface area (Å²) in [5.74, 6) is 0.0405. The summed E-state index contributed by atoms with van der Waals surface area (Å²) in [5, 5.41) is 15.4. The van der Waals surface area contributed by atoms with Gasteiger partial charge in [-0.2, -0.15) is 10.2 Å². The van der Waals surface area contributed by atoms with Crippen LogP contribution in [0.4, 0.5) is 0 Å². The van der Waals surface area contributed by atoms with Crippen molar-refractivity contribution in [1.82, 2.24) is 35.2 Å². The highest BCUT2D eigenvalue weighted by molar-refractivity contribution is 5.76. The van der Waals surface area contributed by atoms with Crippen molar-refractivity contribution in [2.24, 2.45) is 0 Å². The van der Waals surface area contributed by atoms with Crippen molar-refractivity contribution in [3.63, 3.8) is 0 Å². The summed E-state index contributed by atoms with van der Waals surface area (Å²) >= 11 is 0. The van der Waals surface area contributed by atoms with Crippen molar-refractivity contribution >= 4 is 5.91 Å². The maximum atomic E-state index is 12.7. The molecule has 2 N–H and O–H groups in total. The molecule has 8 nitrogen and oxygen atoms in total. The number of fused-ring (bicyclic) bond motifs is 1. The molecule has 3 aromatic rings. The fourth-order valence-electron chi connectivity index (χ4n) is 3.67. The van der Waals surface area contributed by atoms with Crippen molar-refractivity contribution in [2.45, 2.75) is 51.4 Å². The number of hydrogen-bond donors (Lipinski definition) is 2. The van der Waals surface area contributed by atoms with Crippen LogP contribution in [0, 0.1) is 0 Å². The first-order valence-corrected chi connectivity index (χ1v) is 10.2. The zero-order valence-electron chi connectivity index (χ0n) is 16.5. The first-order chi connectivity index (χ1) is 14.3. The van der Waals surface area contributed by atoms with E-state index in [1.54, 1.807) is 11.0 Å². The summed E-state index contributed by atoms with van der Waals surface area (Å²) < 4.78 is 3.85. The standard InChI is InChI=1S/C21H27N7O/c29-21(8-7-18-13-19-14-22-10-4-11-28(19)26-18)25-20(17-5-2-1-3-6-17)9-12-27-16-23-15-24-27/h1-3,5-6,13,15-16,20,22H,4,7-12,14H2,(H,25,29)/t20-/m1/s1. The summed E-state index contributed by atoms with van der Waals surface area (Å²) in [6.45, 7) is 3.50. The molecule has 2 aromatic heterocycles. The molecule has 0 bridgehead atoms. The lowest BCUT2D eigenvalue weighted by Crippen LogP contribution is -2.29. The van der Waals surface area contributed by atoms with E-state index < -0.39 is 0 Å². The minimum atomic E-state index is -0.0594. The summed E-state index contributed by atoms with van der Waals surface area (Å²) in [6, 6.07) is 12.1. The topological polar surface area (TPSA) is 89.7 Å². The third-order valence-electron chi connectivity index (χ3n) is 5.20. The van der Waals surface area contributed by atoms with E-state index >= 15 is 0 Å². The van der Waals surface area contributed by atoms with Crippen LogP contribution in [0.1, 0.15) is 42.3 Å². The minimum absolute atomic E-state index is 0.0405. The summed E-state index contributed by atoms with van der Waals surface area (Å²) in [6.07, 6.45) is 6.13. The minimum Gasteiger partial charge on any atom is -0.349 e. The molecule has 8 heteroatoms. The molecule has 1 aliphatic rings. The van der Waals surface area contributed by atoms with Crippen LogP contribution in [-0.4, -0.2) is 37.0 Å². The van der Waals surface area contributed by atoms with Gasteiger partial charge in [0.05, 0.1) is 17.4 Å². The molecule has 1 aliphatic heterocycles. The Balaban J connectivity index is 1.34. The zero-order valence-corrected chi connectivity index (χ0v) is 16.5. The van der Waals surface area contributed by atoms with Crippen LogP contribution in [-0.2, 0) is 30.8 Å². The second-order valence-corrected chi connectivity index (χ2v) is 7.36. The van der Waals surface area contributed by atoms with Gasteiger partial charge < -0.3 is 10.6 Å². The molecule has 1 amide bonds. The number of aryl methyl sites for hydroxylation is 3. The average Bonchev–Trinajstić information content (AvgIpc) is 3.35. The van der Waals surface area contributed by atoms with Gasteiger partial charge >= 0.3 is 0 Å². The number of carbonyl (C=O) groups excluding carboxylic acids is 1. The Labute approximate surface area is 170 Å². The lowest BCUT2D eigenvalue weighted by atomic mass is 10.0. The second-order valence-electron chi connectivity index (χ2n) is 7.36. The van der Waals surface area contributed by atoms with E-state index in [2.05, 4.69) is 36.6 Å². The third-order valence-corrected chi connectivity index (χ3v) is 5.20. The monoisotopic (exact) mass is 393 g/mol. The average molecular weight is 393 g/mol. The van der Waals surface area contributed by atoms with Crippen LogP contribution in [0.15, 0.2) is 49.1 Å².